The van der Waals surface area contributed by atoms with Crippen LogP contribution in [0.3, 0.4) is 0 Å². The molecule has 0 radical (unpaired) electrons. The minimum Gasteiger partial charge on any atom is -0.255 e. The summed E-state index contributed by atoms with van der Waals surface area (Å²) in [4.78, 5) is 9.03. The van der Waals surface area contributed by atoms with Gasteiger partial charge in [0.25, 0.3) is 0 Å². The molecule has 2 nitrogen and oxygen atoms in total. The molecule has 0 fully saturated rings. The van der Waals surface area contributed by atoms with Crippen molar-refractivity contribution in [2.45, 2.75) is 0 Å². The number of pyridine rings is 2. The van der Waals surface area contributed by atoms with Crippen molar-refractivity contribution in [2.75, 3.05) is 0 Å². The molecule has 0 saturated heterocycles. The van der Waals surface area contributed by atoms with E-state index in [0.29, 0.717) is 0 Å². The number of rotatable bonds is 0. The topological polar surface area (TPSA) is 25.8 Å². The highest BCUT2D eigenvalue weighted by atomic mass is 32.1. The Morgan fingerprint density at radius 1 is 0.533 bits per heavy atom. The zero-order valence-corrected chi connectivity index (χ0v) is 17.4. The van der Waals surface area contributed by atoms with E-state index in [1.807, 2.05) is 36.7 Å². The van der Waals surface area contributed by atoms with Gasteiger partial charge in [-0.25, -0.2) is 0 Å². The van der Waals surface area contributed by atoms with Crippen LogP contribution in [0.25, 0.3) is 40.6 Å². The van der Waals surface area contributed by atoms with Crippen molar-refractivity contribution in [2.24, 2.45) is 0 Å². The minimum atomic E-state index is 0.855. The highest BCUT2D eigenvalue weighted by Crippen LogP contribution is 2.18. The fourth-order valence-corrected chi connectivity index (χ4v) is 4.47. The molecule has 0 amide bonds. The summed E-state index contributed by atoms with van der Waals surface area (Å²) < 4.78 is 4.30. The Morgan fingerprint density at radius 2 is 1.00 bits per heavy atom. The van der Waals surface area contributed by atoms with Gasteiger partial charge in [-0.3, -0.25) is 9.97 Å². The number of aromatic nitrogens is 2. The van der Waals surface area contributed by atoms with Crippen LogP contribution in [0.15, 0.2) is 85.2 Å². The van der Waals surface area contributed by atoms with Gasteiger partial charge in [0.1, 0.15) is 0 Å². The standard InChI is InChI=1S/C26H14N2S2/c1-2-4-22-10-12-24(30-22)8-6-20-14-16-28-26(18-20)25-17-19(13-15-27-25)5-7-23-11-9-21(3-1)29-23/h5-18H. The van der Waals surface area contributed by atoms with E-state index < -0.39 is 0 Å². The SMILES string of the molecule is c1c#cc2ccc(ccc3ccnc(c3)c3cc(ccn3)ccc3ccc(c#1)s3)s2. The summed E-state index contributed by atoms with van der Waals surface area (Å²) in [5.41, 5.74) is 1.71. The van der Waals surface area contributed by atoms with Gasteiger partial charge < -0.3 is 0 Å². The Kier molecular flexibility index (Phi) is 5.10. The van der Waals surface area contributed by atoms with Crippen LogP contribution >= 0.6 is 22.7 Å². The van der Waals surface area contributed by atoms with E-state index >= 15 is 0 Å². The van der Waals surface area contributed by atoms with Crippen molar-refractivity contribution < 1.29 is 0 Å². The van der Waals surface area contributed by atoms with Crippen molar-refractivity contribution in [3.8, 4) is 0 Å². The maximum atomic E-state index is 4.51. The van der Waals surface area contributed by atoms with Crippen LogP contribution in [0.5, 0.6) is 0 Å². The first-order valence-electron chi connectivity index (χ1n) is 9.32. The number of hydrogen-bond donors (Lipinski definition) is 0. The molecule has 5 aromatic heterocycles. The molecule has 30 heavy (non-hydrogen) atoms. The zero-order chi connectivity index (χ0) is 20.2. The molecule has 5 heterocycles. The summed E-state index contributed by atoms with van der Waals surface area (Å²) >= 11 is 3.30. The molecule has 0 saturated carbocycles. The van der Waals surface area contributed by atoms with Crippen molar-refractivity contribution in [1.29, 1.82) is 0 Å². The second kappa shape index (κ2) is 8.35. The van der Waals surface area contributed by atoms with Gasteiger partial charge in [-0.1, -0.05) is 12.1 Å². The monoisotopic (exact) mass is 418 g/mol. The maximum Gasteiger partial charge on any atom is 0.0892 e. The Bertz CT molecular complexity index is 1400. The Labute approximate surface area is 182 Å². The number of nitrogens with zero attached hydrogens (tertiary/aromatic N) is 2. The molecule has 0 N–H and O–H groups in total. The second-order valence-corrected chi connectivity index (χ2v) is 8.75. The summed E-state index contributed by atoms with van der Waals surface area (Å²) in [5.74, 6) is 0. The molecule has 0 aliphatic heterocycles. The first kappa shape index (κ1) is 18.3. The maximum absolute atomic E-state index is 4.51. The average Bonchev–Trinajstić information content (AvgIpc) is 3.43. The fourth-order valence-electron chi connectivity index (χ4n) is 2.94. The van der Waals surface area contributed by atoms with Gasteiger partial charge in [-0.05, 0) is 95.7 Å². The van der Waals surface area contributed by atoms with E-state index in [9.17, 15) is 0 Å². The molecule has 0 aromatic carbocycles. The first-order valence-corrected chi connectivity index (χ1v) is 11.0. The van der Waals surface area contributed by atoms with Gasteiger partial charge >= 0.3 is 0 Å². The quantitative estimate of drug-likeness (QED) is 0.265. The summed E-state index contributed by atoms with van der Waals surface area (Å²) in [6, 6.07) is 36.9. The number of hydrogen-bond acceptors (Lipinski definition) is 4. The van der Waals surface area contributed by atoms with E-state index in [-0.39, 0.29) is 0 Å². The van der Waals surface area contributed by atoms with Crippen molar-refractivity contribution in [3.63, 3.8) is 0 Å². The summed E-state index contributed by atoms with van der Waals surface area (Å²) in [6.07, 6.45) is 3.64. The van der Waals surface area contributed by atoms with E-state index in [1.165, 1.54) is 0 Å². The van der Waals surface area contributed by atoms with Gasteiger partial charge in [-0.2, -0.15) is 0 Å². The van der Waals surface area contributed by atoms with E-state index in [4.69, 9.17) is 0 Å². The summed E-state index contributed by atoms with van der Waals surface area (Å²) in [6.45, 7) is 0. The highest BCUT2D eigenvalue weighted by molar-refractivity contribution is 7.23. The predicted octanol–water partition coefficient (Wildman–Crippen LogP) is 7.22. The van der Waals surface area contributed by atoms with Gasteiger partial charge in [-0.15, -0.1) is 22.7 Å². The molecule has 0 unspecified atom stereocenters. The molecular weight excluding hydrogens is 404 g/mol. The van der Waals surface area contributed by atoms with Crippen molar-refractivity contribution in [3.05, 3.63) is 109 Å². The zero-order valence-electron chi connectivity index (χ0n) is 15.8. The normalized spacial score (nSPS) is 10.1. The van der Waals surface area contributed by atoms with Crippen LogP contribution < -0.4 is 0 Å². The average molecular weight is 419 g/mol. The van der Waals surface area contributed by atoms with Crippen LogP contribution in [0.2, 0.25) is 0 Å². The lowest BCUT2D eigenvalue weighted by molar-refractivity contribution is 1.37. The molecule has 8 bridgehead atoms. The van der Waals surface area contributed by atoms with Crippen LogP contribution in [0.1, 0.15) is 0 Å². The van der Waals surface area contributed by atoms with Gasteiger partial charge in [0.05, 0.1) is 20.4 Å². The largest absolute Gasteiger partial charge is 0.255 e. The smallest absolute Gasteiger partial charge is 0.0892 e. The van der Waals surface area contributed by atoms with Crippen molar-refractivity contribution >= 4 is 63.3 Å². The Morgan fingerprint density at radius 3 is 1.50 bits per heavy atom. The Hall–Kier alpha value is -3.70. The molecule has 140 valence electrons. The third-order valence-corrected chi connectivity index (χ3v) is 6.33. The van der Waals surface area contributed by atoms with Crippen LogP contribution in [0, 0.1) is 24.3 Å². The predicted molar refractivity (Wildman–Crippen MR) is 127 cm³/mol. The number of thiophene rings is 2. The molecule has 0 aliphatic rings. The third kappa shape index (κ3) is 4.31. The van der Waals surface area contributed by atoms with Crippen LogP contribution in [0.4, 0.5) is 0 Å². The molecule has 4 heteroatoms. The van der Waals surface area contributed by atoms with Gasteiger partial charge in [0.15, 0.2) is 0 Å². The van der Waals surface area contributed by atoms with Crippen LogP contribution in [-0.4, -0.2) is 9.97 Å². The van der Waals surface area contributed by atoms with E-state index in [0.717, 1.165) is 40.6 Å². The lowest BCUT2D eigenvalue weighted by Gasteiger charge is -1.94. The first-order chi connectivity index (χ1) is 14.8. The fraction of sp³-hybridized carbons (Fsp3) is 0. The third-order valence-electron chi connectivity index (χ3n) is 4.40. The molecular formula is C26H14N2S2. The molecule has 5 aromatic rings. The lowest BCUT2D eigenvalue weighted by Crippen LogP contribution is -1.78. The molecule has 0 aliphatic carbocycles. The molecule has 5 rings (SSSR count). The highest BCUT2D eigenvalue weighted by Gasteiger charge is 1.93. The minimum absolute atomic E-state index is 0.855. The molecule has 0 atom stereocenters. The Balaban J connectivity index is 1.79. The van der Waals surface area contributed by atoms with Gasteiger partial charge in [0, 0.05) is 21.8 Å². The van der Waals surface area contributed by atoms with E-state index in [1.54, 1.807) is 22.7 Å². The summed E-state index contributed by atoms with van der Waals surface area (Å²) in [7, 11) is 0. The van der Waals surface area contributed by atoms with Gasteiger partial charge in [0.2, 0.25) is 0 Å². The second-order valence-electron chi connectivity index (χ2n) is 6.52. The van der Waals surface area contributed by atoms with Crippen molar-refractivity contribution in [1.82, 2.24) is 9.97 Å². The summed E-state index contributed by atoms with van der Waals surface area (Å²) in [5, 5.41) is 2.16. The lowest BCUT2D eigenvalue weighted by atomic mass is 10.2. The number of fused-ring (bicyclic) bond motifs is 9. The van der Waals surface area contributed by atoms with Crippen LogP contribution in [-0.2, 0) is 0 Å². The molecule has 0 spiro atoms. The van der Waals surface area contributed by atoms with E-state index in [2.05, 4.69) is 82.8 Å².